The Morgan fingerprint density at radius 3 is 2.57 bits per heavy atom. The number of rotatable bonds is 7. The fourth-order valence-corrected chi connectivity index (χ4v) is 4.41. The van der Waals surface area contributed by atoms with Gasteiger partial charge in [-0.15, -0.1) is 11.3 Å². The first-order valence-corrected chi connectivity index (χ1v) is 10.9. The quantitative estimate of drug-likeness (QED) is 0.334. The maximum Gasteiger partial charge on any atom is 0.341 e. The number of anilines is 2. The van der Waals surface area contributed by atoms with Gasteiger partial charge < -0.3 is 20.1 Å². The molecule has 0 spiro atoms. The van der Waals surface area contributed by atoms with E-state index in [1.54, 1.807) is 32.2 Å². The van der Waals surface area contributed by atoms with Crippen LogP contribution in [0.4, 0.5) is 10.7 Å². The molecule has 0 amide bonds. The minimum absolute atomic E-state index is 0.301. The maximum atomic E-state index is 12.4. The molecule has 3 aromatic rings. The van der Waals surface area contributed by atoms with Crippen molar-refractivity contribution >= 4 is 56.9 Å². The van der Waals surface area contributed by atoms with Gasteiger partial charge in [0.1, 0.15) is 10.8 Å². The number of carbonyl (C=O) groups excluding carboxylic acids is 1. The number of hydrogen-bond donors (Lipinski definition) is 2. The lowest BCUT2D eigenvalue weighted by Gasteiger charge is -2.12. The van der Waals surface area contributed by atoms with Crippen LogP contribution in [0.1, 0.15) is 27.7 Å². The van der Waals surface area contributed by atoms with Gasteiger partial charge in [-0.1, -0.05) is 41.9 Å². The van der Waals surface area contributed by atoms with E-state index in [2.05, 4.69) is 22.8 Å². The van der Waals surface area contributed by atoms with Crippen molar-refractivity contribution in [2.45, 2.75) is 13.3 Å². The SMILES string of the molecule is CCOC(=O)c1cc(Cc2ccccc2)sc1NC(=S)Nc1ccc(OC)c(Cl)c1. The van der Waals surface area contributed by atoms with Gasteiger partial charge in [-0.3, -0.25) is 0 Å². The summed E-state index contributed by atoms with van der Waals surface area (Å²) in [4.78, 5) is 13.5. The molecule has 0 radical (unpaired) electrons. The Hall–Kier alpha value is -2.61. The Labute approximate surface area is 190 Å². The van der Waals surface area contributed by atoms with Crippen LogP contribution >= 0.6 is 35.2 Å². The van der Waals surface area contributed by atoms with Crippen LogP contribution < -0.4 is 15.4 Å². The molecule has 2 N–H and O–H groups in total. The van der Waals surface area contributed by atoms with Crippen LogP contribution in [0.15, 0.2) is 54.6 Å². The number of esters is 1. The van der Waals surface area contributed by atoms with Crippen LogP contribution in [0.25, 0.3) is 0 Å². The molecule has 0 bridgehead atoms. The largest absolute Gasteiger partial charge is 0.495 e. The minimum Gasteiger partial charge on any atom is -0.495 e. The van der Waals surface area contributed by atoms with Crippen molar-refractivity contribution in [3.05, 3.63) is 75.6 Å². The summed E-state index contributed by atoms with van der Waals surface area (Å²) in [7, 11) is 1.56. The molecule has 8 heteroatoms. The number of methoxy groups -OCH3 is 1. The molecule has 0 aliphatic heterocycles. The van der Waals surface area contributed by atoms with E-state index in [1.165, 1.54) is 11.3 Å². The van der Waals surface area contributed by atoms with Gasteiger partial charge in [0, 0.05) is 17.0 Å². The second kappa shape index (κ2) is 10.4. The van der Waals surface area contributed by atoms with E-state index >= 15 is 0 Å². The Balaban J connectivity index is 1.78. The normalized spacial score (nSPS) is 10.4. The van der Waals surface area contributed by atoms with Gasteiger partial charge in [0.25, 0.3) is 0 Å². The molecular formula is C22H21ClN2O3S2. The second-order valence-electron chi connectivity index (χ2n) is 6.27. The molecule has 0 saturated heterocycles. The highest BCUT2D eigenvalue weighted by Gasteiger charge is 2.18. The summed E-state index contributed by atoms with van der Waals surface area (Å²) in [6.07, 6.45) is 0.716. The molecule has 0 aliphatic carbocycles. The molecule has 30 heavy (non-hydrogen) atoms. The fourth-order valence-electron chi connectivity index (χ4n) is 2.79. The summed E-state index contributed by atoms with van der Waals surface area (Å²) in [5.41, 5.74) is 2.33. The smallest absolute Gasteiger partial charge is 0.341 e. The van der Waals surface area contributed by atoms with Crippen molar-refractivity contribution in [1.29, 1.82) is 0 Å². The van der Waals surface area contributed by atoms with Crippen LogP contribution in [-0.4, -0.2) is 24.8 Å². The first kappa shape index (κ1) is 22.1. The van der Waals surface area contributed by atoms with Crippen molar-refractivity contribution in [1.82, 2.24) is 0 Å². The Bertz CT molecular complexity index is 1040. The zero-order chi connectivity index (χ0) is 21.5. The molecule has 0 aliphatic rings. The van der Waals surface area contributed by atoms with Crippen molar-refractivity contribution < 1.29 is 14.3 Å². The molecule has 0 atom stereocenters. The van der Waals surface area contributed by atoms with Crippen molar-refractivity contribution in [3.63, 3.8) is 0 Å². The number of hydrogen-bond acceptors (Lipinski definition) is 5. The summed E-state index contributed by atoms with van der Waals surface area (Å²) in [5.74, 6) is 0.195. The van der Waals surface area contributed by atoms with Gasteiger partial charge >= 0.3 is 5.97 Å². The van der Waals surface area contributed by atoms with Gasteiger partial charge in [0.15, 0.2) is 5.11 Å². The van der Waals surface area contributed by atoms with E-state index in [1.807, 2.05) is 24.3 Å². The average Bonchev–Trinajstić information content (AvgIpc) is 3.11. The van der Waals surface area contributed by atoms with Gasteiger partial charge in [-0.2, -0.15) is 0 Å². The molecule has 0 fully saturated rings. The van der Waals surface area contributed by atoms with Crippen molar-refractivity contribution in [3.8, 4) is 5.75 Å². The summed E-state index contributed by atoms with van der Waals surface area (Å²) in [6, 6.07) is 17.2. The number of thiophene rings is 1. The summed E-state index contributed by atoms with van der Waals surface area (Å²) in [6.45, 7) is 2.08. The lowest BCUT2D eigenvalue weighted by molar-refractivity contribution is 0.0528. The predicted molar refractivity (Wildman–Crippen MR) is 127 cm³/mol. The monoisotopic (exact) mass is 460 g/mol. The number of nitrogens with one attached hydrogen (secondary N) is 2. The van der Waals surface area contributed by atoms with Gasteiger partial charge in [0.2, 0.25) is 0 Å². The number of carbonyl (C=O) groups is 1. The molecule has 0 saturated carbocycles. The lowest BCUT2D eigenvalue weighted by atomic mass is 10.1. The molecule has 5 nitrogen and oxygen atoms in total. The third kappa shape index (κ3) is 5.72. The molecule has 156 valence electrons. The first-order valence-electron chi connectivity index (χ1n) is 9.25. The lowest BCUT2D eigenvalue weighted by Crippen LogP contribution is -2.20. The Morgan fingerprint density at radius 2 is 1.90 bits per heavy atom. The van der Waals surface area contributed by atoms with Crippen LogP contribution in [0.3, 0.4) is 0 Å². The zero-order valence-corrected chi connectivity index (χ0v) is 18.9. The third-order valence-electron chi connectivity index (χ3n) is 4.14. The van der Waals surface area contributed by atoms with Crippen molar-refractivity contribution in [2.75, 3.05) is 24.4 Å². The number of thiocarbonyl (C=S) groups is 1. The summed E-state index contributed by atoms with van der Waals surface area (Å²) >= 11 is 13.1. The van der Waals surface area contributed by atoms with E-state index in [-0.39, 0.29) is 5.97 Å². The average molecular weight is 461 g/mol. The third-order valence-corrected chi connectivity index (χ3v) is 5.69. The zero-order valence-electron chi connectivity index (χ0n) is 16.5. The van der Waals surface area contributed by atoms with Gasteiger partial charge in [-0.25, -0.2) is 4.79 Å². The van der Waals surface area contributed by atoms with Crippen LogP contribution in [-0.2, 0) is 11.2 Å². The maximum absolute atomic E-state index is 12.4. The van der Waals surface area contributed by atoms with E-state index < -0.39 is 0 Å². The molecule has 3 rings (SSSR count). The molecule has 0 unspecified atom stereocenters. The van der Waals surface area contributed by atoms with E-state index in [0.29, 0.717) is 45.2 Å². The number of benzene rings is 2. The highest BCUT2D eigenvalue weighted by Crippen LogP contribution is 2.31. The Kier molecular flexibility index (Phi) is 7.68. The summed E-state index contributed by atoms with van der Waals surface area (Å²) < 4.78 is 10.4. The Morgan fingerprint density at radius 1 is 1.13 bits per heavy atom. The molecular weight excluding hydrogens is 440 g/mol. The van der Waals surface area contributed by atoms with E-state index in [4.69, 9.17) is 33.3 Å². The van der Waals surface area contributed by atoms with Crippen LogP contribution in [0.2, 0.25) is 5.02 Å². The topological polar surface area (TPSA) is 59.6 Å². The molecule has 1 aromatic heterocycles. The highest BCUT2D eigenvalue weighted by molar-refractivity contribution is 7.80. The molecule has 1 heterocycles. The second-order valence-corrected chi connectivity index (χ2v) is 8.22. The number of ether oxygens (including phenoxy) is 2. The molecule has 2 aromatic carbocycles. The van der Waals surface area contributed by atoms with Crippen molar-refractivity contribution in [2.24, 2.45) is 0 Å². The van der Waals surface area contributed by atoms with Crippen LogP contribution in [0.5, 0.6) is 5.75 Å². The minimum atomic E-state index is -0.383. The first-order chi connectivity index (χ1) is 14.5. The standard InChI is InChI=1S/C22H21ClN2O3S2/c1-3-28-21(26)17-13-16(11-14-7-5-4-6-8-14)30-20(17)25-22(29)24-15-9-10-19(27-2)18(23)12-15/h4-10,12-13H,3,11H2,1-2H3,(H2,24,25,29). The highest BCUT2D eigenvalue weighted by atomic mass is 35.5. The van der Waals surface area contributed by atoms with E-state index in [9.17, 15) is 4.79 Å². The van der Waals surface area contributed by atoms with E-state index in [0.717, 1.165) is 10.4 Å². The summed E-state index contributed by atoms with van der Waals surface area (Å²) in [5, 5.41) is 7.64. The fraction of sp³-hybridized carbons (Fsp3) is 0.182. The van der Waals surface area contributed by atoms with Gasteiger partial charge in [0.05, 0.1) is 24.3 Å². The predicted octanol–water partition coefficient (Wildman–Crippen LogP) is 5.99. The number of halogens is 1. The van der Waals surface area contributed by atoms with Crippen LogP contribution in [0, 0.1) is 0 Å². The van der Waals surface area contributed by atoms with Gasteiger partial charge in [-0.05, 0) is 49.0 Å².